The van der Waals surface area contributed by atoms with Crippen molar-refractivity contribution in [2.45, 2.75) is 44.3 Å². The summed E-state index contributed by atoms with van der Waals surface area (Å²) in [5.74, 6) is -1.87. The Kier molecular flexibility index (Phi) is 5.12. The van der Waals surface area contributed by atoms with Crippen molar-refractivity contribution in [3.8, 4) is 11.5 Å². The van der Waals surface area contributed by atoms with Crippen LogP contribution in [0.15, 0.2) is 30.6 Å². The number of rotatable bonds is 4. The van der Waals surface area contributed by atoms with Crippen LogP contribution < -0.4 is 25.4 Å². The van der Waals surface area contributed by atoms with E-state index in [1.807, 2.05) is 19.9 Å². The van der Waals surface area contributed by atoms with Crippen LogP contribution >= 0.6 is 0 Å². The summed E-state index contributed by atoms with van der Waals surface area (Å²) >= 11 is 0. The zero-order chi connectivity index (χ0) is 24.3. The van der Waals surface area contributed by atoms with E-state index in [-0.39, 0.29) is 29.8 Å². The molecule has 2 aromatic heterocycles. The van der Waals surface area contributed by atoms with E-state index < -0.39 is 24.4 Å². The van der Waals surface area contributed by atoms with Crippen LogP contribution in [0.3, 0.4) is 0 Å². The fourth-order valence-corrected chi connectivity index (χ4v) is 4.60. The minimum atomic E-state index is -2.91. The average Bonchev–Trinajstić information content (AvgIpc) is 3.29. The number of nitrogens with one attached hydrogen (secondary N) is 1. The molecule has 1 fully saturated rings. The number of halogens is 2. The standard InChI is InChI=1S/C23H26F2N6O3/c1-22(2)8-13-6-16(18(33-3)7-17(13)34-22)28-21(32)15-10-27-31-5-4-19(29-20(15)31)30-11-14(26)9-23(24,25)12-30/h4-7,10,14H,8-9,11-12,26H2,1-3H3,(H,28,32). The van der Waals surface area contributed by atoms with Gasteiger partial charge in [0.1, 0.15) is 28.5 Å². The first-order chi connectivity index (χ1) is 16.0. The average molecular weight is 472 g/mol. The first-order valence-corrected chi connectivity index (χ1v) is 11.0. The van der Waals surface area contributed by atoms with Crippen LogP contribution in [-0.2, 0) is 6.42 Å². The van der Waals surface area contributed by atoms with Crippen molar-refractivity contribution < 1.29 is 23.0 Å². The Labute approximate surface area is 194 Å². The predicted octanol–water partition coefficient (Wildman–Crippen LogP) is 2.88. The normalized spacial score (nSPS) is 20.6. The van der Waals surface area contributed by atoms with E-state index in [2.05, 4.69) is 15.4 Å². The quantitative estimate of drug-likeness (QED) is 0.601. The zero-order valence-corrected chi connectivity index (χ0v) is 19.1. The van der Waals surface area contributed by atoms with Gasteiger partial charge < -0.3 is 25.4 Å². The molecule has 1 saturated heterocycles. The number of fused-ring (bicyclic) bond motifs is 2. The van der Waals surface area contributed by atoms with Crippen molar-refractivity contribution in [2.75, 3.05) is 30.4 Å². The second-order valence-electron chi connectivity index (χ2n) is 9.47. The summed E-state index contributed by atoms with van der Waals surface area (Å²) in [6, 6.07) is 4.51. The molecule has 1 amide bonds. The zero-order valence-electron chi connectivity index (χ0n) is 19.1. The number of methoxy groups -OCH3 is 1. The van der Waals surface area contributed by atoms with E-state index in [1.165, 1.54) is 22.7 Å². The Morgan fingerprint density at radius 1 is 1.35 bits per heavy atom. The van der Waals surface area contributed by atoms with E-state index in [0.29, 0.717) is 23.7 Å². The second kappa shape index (κ2) is 7.79. The number of piperidine rings is 1. The number of carbonyl (C=O) groups excluding carboxylic acids is 1. The van der Waals surface area contributed by atoms with Crippen LogP contribution in [0, 0.1) is 0 Å². The highest BCUT2D eigenvalue weighted by Crippen LogP contribution is 2.41. The molecule has 1 atom stereocenters. The van der Waals surface area contributed by atoms with Crippen molar-refractivity contribution in [1.29, 1.82) is 0 Å². The molecular weight excluding hydrogens is 446 g/mol. The van der Waals surface area contributed by atoms with E-state index >= 15 is 0 Å². The van der Waals surface area contributed by atoms with Gasteiger partial charge in [-0.05, 0) is 26.0 Å². The molecule has 34 heavy (non-hydrogen) atoms. The van der Waals surface area contributed by atoms with Crippen LogP contribution in [0.4, 0.5) is 20.3 Å². The van der Waals surface area contributed by atoms with Crippen molar-refractivity contribution in [3.63, 3.8) is 0 Å². The minimum Gasteiger partial charge on any atom is -0.494 e. The van der Waals surface area contributed by atoms with Crippen LogP contribution in [0.25, 0.3) is 5.65 Å². The first-order valence-electron chi connectivity index (χ1n) is 11.0. The van der Waals surface area contributed by atoms with Crippen molar-refractivity contribution in [2.24, 2.45) is 5.73 Å². The number of alkyl halides is 2. The van der Waals surface area contributed by atoms with Gasteiger partial charge in [-0.2, -0.15) is 5.10 Å². The summed E-state index contributed by atoms with van der Waals surface area (Å²) in [6.07, 6.45) is 3.31. The van der Waals surface area contributed by atoms with Crippen molar-refractivity contribution in [3.05, 3.63) is 41.7 Å². The lowest BCUT2D eigenvalue weighted by atomic mass is 10.0. The predicted molar refractivity (Wildman–Crippen MR) is 122 cm³/mol. The third-order valence-corrected chi connectivity index (χ3v) is 5.99. The molecule has 0 aliphatic carbocycles. The molecule has 1 unspecified atom stereocenters. The van der Waals surface area contributed by atoms with E-state index in [1.54, 1.807) is 18.3 Å². The lowest BCUT2D eigenvalue weighted by Gasteiger charge is -2.36. The summed E-state index contributed by atoms with van der Waals surface area (Å²) in [7, 11) is 1.51. The van der Waals surface area contributed by atoms with Gasteiger partial charge in [0.15, 0.2) is 5.65 Å². The van der Waals surface area contributed by atoms with E-state index in [4.69, 9.17) is 15.2 Å². The Hall–Kier alpha value is -3.47. The molecule has 0 radical (unpaired) electrons. The number of anilines is 2. The number of aromatic nitrogens is 3. The molecule has 2 aliphatic rings. The molecule has 0 saturated carbocycles. The summed E-state index contributed by atoms with van der Waals surface area (Å²) in [6.45, 7) is 3.75. The number of hydrogen-bond acceptors (Lipinski definition) is 7. The fraction of sp³-hybridized carbons (Fsp3) is 0.435. The van der Waals surface area contributed by atoms with E-state index in [9.17, 15) is 13.6 Å². The molecule has 5 rings (SSSR count). The lowest BCUT2D eigenvalue weighted by molar-refractivity contribution is -0.0174. The molecular formula is C23H26F2N6O3. The van der Waals surface area contributed by atoms with Gasteiger partial charge in [-0.25, -0.2) is 18.3 Å². The molecule has 3 N–H and O–H groups in total. The van der Waals surface area contributed by atoms with Gasteiger partial charge in [0.05, 0.1) is 25.5 Å². The third kappa shape index (κ3) is 4.11. The van der Waals surface area contributed by atoms with Crippen molar-refractivity contribution in [1.82, 2.24) is 14.6 Å². The molecule has 180 valence electrons. The number of ether oxygens (including phenoxy) is 2. The van der Waals surface area contributed by atoms with E-state index in [0.717, 1.165) is 11.3 Å². The molecule has 2 aliphatic heterocycles. The fourth-order valence-electron chi connectivity index (χ4n) is 4.60. The minimum absolute atomic E-state index is 0.203. The molecule has 9 nitrogen and oxygen atoms in total. The van der Waals surface area contributed by atoms with Crippen LogP contribution in [-0.4, -0.2) is 58.3 Å². The van der Waals surface area contributed by atoms with Gasteiger partial charge in [-0.1, -0.05) is 0 Å². The number of benzene rings is 1. The van der Waals surface area contributed by atoms with Gasteiger partial charge in [-0.15, -0.1) is 0 Å². The Morgan fingerprint density at radius 3 is 2.88 bits per heavy atom. The number of carbonyl (C=O) groups is 1. The SMILES string of the molecule is COc1cc2c(cc1NC(=O)c1cnn3ccc(N4CC(N)CC(F)(F)C4)nc13)CC(C)(C)O2. The summed E-state index contributed by atoms with van der Waals surface area (Å²) in [5, 5.41) is 7.05. The lowest BCUT2D eigenvalue weighted by Crippen LogP contribution is -2.52. The number of nitrogens with zero attached hydrogens (tertiary/aromatic N) is 4. The van der Waals surface area contributed by atoms with Crippen molar-refractivity contribution >= 4 is 23.1 Å². The van der Waals surface area contributed by atoms with Gasteiger partial charge in [-0.3, -0.25) is 4.79 Å². The molecule has 11 heteroatoms. The number of nitrogens with two attached hydrogens (primary N) is 1. The summed E-state index contributed by atoms with van der Waals surface area (Å²) in [4.78, 5) is 19.1. The topological polar surface area (TPSA) is 107 Å². The smallest absolute Gasteiger partial charge is 0.266 e. The highest BCUT2D eigenvalue weighted by molar-refractivity contribution is 6.09. The third-order valence-electron chi connectivity index (χ3n) is 5.99. The Morgan fingerprint density at radius 2 is 2.15 bits per heavy atom. The van der Waals surface area contributed by atoms with Gasteiger partial charge >= 0.3 is 0 Å². The highest BCUT2D eigenvalue weighted by atomic mass is 19.3. The Balaban J connectivity index is 1.44. The molecule has 3 aromatic rings. The maximum atomic E-state index is 14.1. The van der Waals surface area contributed by atoms with Crippen LogP contribution in [0.2, 0.25) is 0 Å². The monoisotopic (exact) mass is 472 g/mol. The molecule has 0 spiro atoms. The molecule has 4 heterocycles. The van der Waals surface area contributed by atoms with Crippen LogP contribution in [0.5, 0.6) is 11.5 Å². The summed E-state index contributed by atoms with van der Waals surface area (Å²) in [5.41, 5.74) is 7.39. The Bertz CT molecular complexity index is 1280. The number of hydrogen-bond donors (Lipinski definition) is 2. The van der Waals surface area contributed by atoms with Gasteiger partial charge in [0, 0.05) is 43.3 Å². The molecule has 1 aromatic carbocycles. The largest absolute Gasteiger partial charge is 0.494 e. The first kappa shape index (κ1) is 22.3. The second-order valence-corrected chi connectivity index (χ2v) is 9.47. The maximum Gasteiger partial charge on any atom is 0.266 e. The maximum absolute atomic E-state index is 14.1. The van der Waals surface area contributed by atoms with Crippen LogP contribution in [0.1, 0.15) is 36.2 Å². The number of amides is 1. The highest BCUT2D eigenvalue weighted by Gasteiger charge is 2.39. The van der Waals surface area contributed by atoms with Gasteiger partial charge in [0.2, 0.25) is 0 Å². The molecule has 0 bridgehead atoms. The van der Waals surface area contributed by atoms with Gasteiger partial charge in [0.25, 0.3) is 11.8 Å². The summed E-state index contributed by atoms with van der Waals surface area (Å²) < 4.78 is 40.9.